The Hall–Kier alpha value is -3.00. The van der Waals surface area contributed by atoms with E-state index in [1.54, 1.807) is 0 Å². The van der Waals surface area contributed by atoms with Crippen molar-refractivity contribution < 1.29 is 0 Å². The summed E-state index contributed by atoms with van der Waals surface area (Å²) in [5, 5.41) is 0. The molecule has 3 aromatic rings. The lowest BCUT2D eigenvalue weighted by atomic mass is 9.76. The molecule has 28 heavy (non-hydrogen) atoms. The van der Waals surface area contributed by atoms with Gasteiger partial charge in [0.1, 0.15) is 5.54 Å². The highest BCUT2D eigenvalue weighted by Crippen LogP contribution is 2.43. The van der Waals surface area contributed by atoms with Crippen LogP contribution in [0, 0.1) is 0 Å². The quantitative estimate of drug-likeness (QED) is 0.485. The number of rotatable bonds is 7. The van der Waals surface area contributed by atoms with Gasteiger partial charge in [0.2, 0.25) is 0 Å². The second-order valence-corrected chi connectivity index (χ2v) is 7.38. The highest BCUT2D eigenvalue weighted by atomic mass is 15.4. The molecule has 2 heteroatoms. The molecule has 0 saturated carbocycles. The Labute approximate surface area is 168 Å². The van der Waals surface area contributed by atoms with Crippen LogP contribution in [0.25, 0.3) is 0 Å². The molecule has 0 aliphatic carbocycles. The van der Waals surface area contributed by atoms with Crippen molar-refractivity contribution in [3.8, 4) is 0 Å². The zero-order valence-corrected chi connectivity index (χ0v) is 16.5. The van der Waals surface area contributed by atoms with E-state index >= 15 is 0 Å². The highest BCUT2D eigenvalue weighted by Gasteiger charge is 2.42. The Morgan fingerprint density at radius 2 is 1.14 bits per heavy atom. The summed E-state index contributed by atoms with van der Waals surface area (Å²) in [6.45, 7) is 4.23. The van der Waals surface area contributed by atoms with Gasteiger partial charge in [-0.2, -0.15) is 0 Å². The first-order valence-electron chi connectivity index (χ1n) is 10.2. The maximum Gasteiger partial charge on any atom is 0.117 e. The molecule has 0 aromatic heterocycles. The van der Waals surface area contributed by atoms with Crippen LogP contribution in [0.15, 0.2) is 103 Å². The third-order valence-electron chi connectivity index (χ3n) is 5.60. The van der Waals surface area contributed by atoms with E-state index in [4.69, 9.17) is 0 Å². The molecule has 2 nitrogen and oxygen atoms in total. The summed E-state index contributed by atoms with van der Waals surface area (Å²) in [7, 11) is 0. The Bertz CT molecular complexity index is 791. The van der Waals surface area contributed by atoms with Gasteiger partial charge < -0.3 is 9.80 Å². The van der Waals surface area contributed by atoms with Crippen LogP contribution in [0.2, 0.25) is 0 Å². The Balaban J connectivity index is 1.89. The normalized spacial score (nSPS) is 13.9. The highest BCUT2D eigenvalue weighted by molar-refractivity contribution is 5.50. The molecule has 0 radical (unpaired) electrons. The van der Waals surface area contributed by atoms with Crippen molar-refractivity contribution in [2.24, 2.45) is 0 Å². The van der Waals surface area contributed by atoms with Crippen molar-refractivity contribution in [2.75, 3.05) is 13.2 Å². The number of nitrogens with zero attached hydrogens (tertiary/aromatic N) is 2. The predicted octanol–water partition coefficient (Wildman–Crippen LogP) is 5.82. The first-order chi connectivity index (χ1) is 13.9. The van der Waals surface area contributed by atoms with Crippen molar-refractivity contribution in [2.45, 2.75) is 25.3 Å². The summed E-state index contributed by atoms with van der Waals surface area (Å²) in [6, 6.07) is 32.7. The largest absolute Gasteiger partial charge is 0.359 e. The van der Waals surface area contributed by atoms with Gasteiger partial charge >= 0.3 is 0 Å². The lowest BCUT2D eigenvalue weighted by Crippen LogP contribution is -2.46. The van der Waals surface area contributed by atoms with E-state index < -0.39 is 0 Å². The van der Waals surface area contributed by atoms with Crippen LogP contribution in [-0.2, 0) is 5.54 Å². The van der Waals surface area contributed by atoms with E-state index in [9.17, 15) is 0 Å². The average molecular weight is 369 g/mol. The first-order valence-corrected chi connectivity index (χ1v) is 10.2. The van der Waals surface area contributed by atoms with E-state index in [1.165, 1.54) is 29.5 Å². The van der Waals surface area contributed by atoms with Gasteiger partial charge in [0.15, 0.2) is 0 Å². The Kier molecular flexibility index (Phi) is 5.48. The minimum absolute atomic E-state index is 0.360. The van der Waals surface area contributed by atoms with Gasteiger partial charge in [-0.05, 0) is 23.1 Å². The summed E-state index contributed by atoms with van der Waals surface area (Å²) in [4.78, 5) is 4.91. The molecular weight excluding hydrogens is 340 g/mol. The number of unbranched alkanes of at least 4 members (excludes halogenated alkanes) is 1. The molecule has 4 rings (SSSR count). The van der Waals surface area contributed by atoms with E-state index in [-0.39, 0.29) is 5.54 Å². The van der Waals surface area contributed by atoms with E-state index in [1.807, 2.05) is 0 Å². The Morgan fingerprint density at radius 3 is 1.57 bits per heavy atom. The molecule has 3 aromatic carbocycles. The minimum Gasteiger partial charge on any atom is -0.359 e. The molecule has 0 saturated heterocycles. The Morgan fingerprint density at radius 1 is 0.679 bits per heavy atom. The fourth-order valence-electron chi connectivity index (χ4n) is 4.22. The summed E-state index contributed by atoms with van der Waals surface area (Å²) in [5.74, 6) is 0. The van der Waals surface area contributed by atoms with Crippen molar-refractivity contribution in [1.29, 1.82) is 0 Å². The zero-order valence-electron chi connectivity index (χ0n) is 16.5. The van der Waals surface area contributed by atoms with Crippen molar-refractivity contribution in [3.63, 3.8) is 0 Å². The molecular formula is C26H28N2. The molecule has 142 valence electrons. The van der Waals surface area contributed by atoms with Crippen molar-refractivity contribution in [1.82, 2.24) is 9.80 Å². The second kappa shape index (κ2) is 8.35. The van der Waals surface area contributed by atoms with Gasteiger partial charge in [-0.3, -0.25) is 0 Å². The molecule has 0 atom stereocenters. The van der Waals surface area contributed by atoms with Crippen LogP contribution < -0.4 is 0 Å². The van der Waals surface area contributed by atoms with E-state index in [2.05, 4.69) is 120 Å². The van der Waals surface area contributed by atoms with Gasteiger partial charge in [-0.25, -0.2) is 0 Å². The van der Waals surface area contributed by atoms with Crippen LogP contribution in [0.5, 0.6) is 0 Å². The number of hydrogen-bond acceptors (Lipinski definition) is 2. The first kappa shape index (κ1) is 18.4. The topological polar surface area (TPSA) is 6.48 Å². The second-order valence-electron chi connectivity index (χ2n) is 7.38. The summed E-state index contributed by atoms with van der Waals surface area (Å²) in [6.07, 6.45) is 6.95. The molecule has 0 bridgehead atoms. The van der Waals surface area contributed by atoms with E-state index in [0.717, 1.165) is 13.2 Å². The smallest absolute Gasteiger partial charge is 0.117 e. The zero-order chi connectivity index (χ0) is 19.2. The summed E-state index contributed by atoms with van der Waals surface area (Å²) >= 11 is 0. The van der Waals surface area contributed by atoms with Gasteiger partial charge in [0.05, 0.1) is 6.67 Å². The SMILES string of the molecule is CCCCN1C=CN(C(c2ccccc2)(c2ccccc2)c2ccccc2)C1. The molecule has 1 aliphatic heterocycles. The lowest BCUT2D eigenvalue weighted by molar-refractivity contribution is 0.178. The van der Waals surface area contributed by atoms with Crippen LogP contribution in [0.4, 0.5) is 0 Å². The minimum atomic E-state index is -0.360. The summed E-state index contributed by atoms with van der Waals surface area (Å²) < 4.78 is 0. The van der Waals surface area contributed by atoms with Crippen LogP contribution in [0.1, 0.15) is 36.5 Å². The van der Waals surface area contributed by atoms with Gasteiger partial charge in [-0.1, -0.05) is 104 Å². The monoisotopic (exact) mass is 368 g/mol. The summed E-state index contributed by atoms with van der Waals surface area (Å²) in [5.41, 5.74) is 3.50. The van der Waals surface area contributed by atoms with E-state index in [0.29, 0.717) is 0 Å². The van der Waals surface area contributed by atoms with Gasteiger partial charge in [-0.15, -0.1) is 0 Å². The van der Waals surface area contributed by atoms with Crippen molar-refractivity contribution in [3.05, 3.63) is 120 Å². The van der Waals surface area contributed by atoms with Crippen LogP contribution in [0.3, 0.4) is 0 Å². The van der Waals surface area contributed by atoms with Gasteiger partial charge in [0, 0.05) is 18.9 Å². The third kappa shape index (κ3) is 3.31. The molecule has 0 unspecified atom stereocenters. The lowest BCUT2D eigenvalue weighted by Gasteiger charge is -2.44. The molecule has 0 fully saturated rings. The average Bonchev–Trinajstić information content (AvgIpc) is 3.24. The number of hydrogen-bond donors (Lipinski definition) is 0. The molecule has 0 spiro atoms. The molecule has 1 aliphatic rings. The van der Waals surface area contributed by atoms with Crippen LogP contribution >= 0.6 is 0 Å². The van der Waals surface area contributed by atoms with Crippen LogP contribution in [-0.4, -0.2) is 23.0 Å². The molecule has 0 N–H and O–H groups in total. The van der Waals surface area contributed by atoms with Gasteiger partial charge in [0.25, 0.3) is 0 Å². The standard InChI is InChI=1S/C26H28N2/c1-2-3-19-27-20-21-28(22-27)26(23-13-7-4-8-14-23,24-15-9-5-10-16-24)25-17-11-6-12-18-25/h4-18,20-21H,2-3,19,22H2,1H3. The maximum absolute atomic E-state index is 2.49. The molecule has 0 amide bonds. The number of benzene rings is 3. The fourth-order valence-corrected chi connectivity index (χ4v) is 4.22. The third-order valence-corrected chi connectivity index (χ3v) is 5.60. The maximum atomic E-state index is 2.49. The van der Waals surface area contributed by atoms with Crippen molar-refractivity contribution >= 4 is 0 Å². The molecule has 1 heterocycles. The predicted molar refractivity (Wildman–Crippen MR) is 117 cm³/mol. The fraction of sp³-hybridized carbons (Fsp3) is 0.231.